The second-order valence-corrected chi connectivity index (χ2v) is 5.90. The molecule has 0 fully saturated rings. The quantitative estimate of drug-likeness (QED) is 0.898. The molecule has 0 radical (unpaired) electrons. The van der Waals surface area contributed by atoms with Crippen molar-refractivity contribution >= 4 is 17.5 Å². The lowest BCUT2D eigenvalue weighted by Gasteiger charge is -2.16. The monoisotopic (exact) mass is 330 g/mol. The van der Waals surface area contributed by atoms with E-state index in [0.29, 0.717) is 34.3 Å². The number of aromatic nitrogens is 4. The Morgan fingerprint density at radius 3 is 2.25 bits per heavy atom. The van der Waals surface area contributed by atoms with Crippen molar-refractivity contribution in [1.82, 2.24) is 19.5 Å². The van der Waals surface area contributed by atoms with Crippen LogP contribution in [0.25, 0.3) is 0 Å². The first-order valence-electron chi connectivity index (χ1n) is 7.55. The fraction of sp³-hybridized carbons (Fsp3) is 0.438. The molecule has 1 amide bonds. The molecule has 2 rings (SSSR count). The average molecular weight is 330 g/mol. The zero-order valence-electron chi connectivity index (χ0n) is 14.8. The summed E-state index contributed by atoms with van der Waals surface area (Å²) in [6.45, 7) is 6.96. The van der Waals surface area contributed by atoms with Crippen molar-refractivity contribution in [3.63, 3.8) is 0 Å². The maximum absolute atomic E-state index is 12.3. The molecular weight excluding hydrogens is 308 g/mol. The van der Waals surface area contributed by atoms with Gasteiger partial charge in [-0.2, -0.15) is 0 Å². The Bertz CT molecular complexity index is 818. The molecule has 24 heavy (non-hydrogen) atoms. The van der Waals surface area contributed by atoms with E-state index in [-0.39, 0.29) is 18.0 Å². The minimum atomic E-state index is -0.324. The van der Waals surface area contributed by atoms with Crippen molar-refractivity contribution in [3.8, 4) is 0 Å². The molecule has 128 valence electrons. The van der Waals surface area contributed by atoms with Gasteiger partial charge in [0, 0.05) is 25.4 Å². The molecule has 2 heterocycles. The molecule has 0 saturated carbocycles. The van der Waals surface area contributed by atoms with Crippen molar-refractivity contribution in [2.75, 3.05) is 24.3 Å². The predicted molar refractivity (Wildman–Crippen MR) is 92.4 cm³/mol. The Morgan fingerprint density at radius 1 is 1.12 bits per heavy atom. The third-order valence-corrected chi connectivity index (χ3v) is 3.75. The lowest BCUT2D eigenvalue weighted by molar-refractivity contribution is -0.116. The van der Waals surface area contributed by atoms with Gasteiger partial charge in [0.1, 0.15) is 6.54 Å². The van der Waals surface area contributed by atoms with Crippen molar-refractivity contribution in [3.05, 3.63) is 39.3 Å². The average Bonchev–Trinajstić information content (AvgIpc) is 2.51. The van der Waals surface area contributed by atoms with Crippen LogP contribution in [0.5, 0.6) is 0 Å². The molecule has 0 aliphatic heterocycles. The topological polar surface area (TPSA) is 93.0 Å². The summed E-state index contributed by atoms with van der Waals surface area (Å²) < 4.78 is 1.29. The van der Waals surface area contributed by atoms with E-state index in [2.05, 4.69) is 20.3 Å². The van der Waals surface area contributed by atoms with E-state index in [4.69, 9.17) is 0 Å². The summed E-state index contributed by atoms with van der Waals surface area (Å²) in [5.74, 6) is 0.257. The van der Waals surface area contributed by atoms with Crippen LogP contribution in [-0.4, -0.2) is 39.5 Å². The normalized spacial score (nSPS) is 10.6. The van der Waals surface area contributed by atoms with Gasteiger partial charge in [-0.25, -0.2) is 15.0 Å². The lowest BCUT2D eigenvalue weighted by Crippen LogP contribution is -2.30. The number of amides is 1. The molecule has 0 aromatic carbocycles. The van der Waals surface area contributed by atoms with Crippen LogP contribution in [0.3, 0.4) is 0 Å². The van der Waals surface area contributed by atoms with E-state index < -0.39 is 0 Å². The Labute approximate surface area is 140 Å². The van der Waals surface area contributed by atoms with Crippen LogP contribution in [0.1, 0.15) is 22.6 Å². The maximum Gasteiger partial charge on any atom is 0.256 e. The van der Waals surface area contributed by atoms with E-state index >= 15 is 0 Å². The van der Waals surface area contributed by atoms with Gasteiger partial charge in [-0.1, -0.05) is 0 Å². The first kappa shape index (κ1) is 17.6. The molecule has 0 aliphatic carbocycles. The Kier molecular flexibility index (Phi) is 4.96. The molecule has 2 aromatic heterocycles. The molecule has 8 heteroatoms. The predicted octanol–water partition coefficient (Wildman–Crippen LogP) is 0.972. The number of hydrogen-bond acceptors (Lipinski definition) is 6. The summed E-state index contributed by atoms with van der Waals surface area (Å²) in [4.78, 5) is 39.1. The van der Waals surface area contributed by atoms with Gasteiger partial charge in [-0.3, -0.25) is 14.2 Å². The van der Waals surface area contributed by atoms with Gasteiger partial charge in [0.25, 0.3) is 5.56 Å². The first-order valence-corrected chi connectivity index (χ1v) is 7.55. The van der Waals surface area contributed by atoms with E-state index in [1.54, 1.807) is 32.6 Å². The van der Waals surface area contributed by atoms with Gasteiger partial charge < -0.3 is 10.2 Å². The third-order valence-electron chi connectivity index (χ3n) is 3.75. The highest BCUT2D eigenvalue weighted by atomic mass is 16.2. The summed E-state index contributed by atoms with van der Waals surface area (Å²) in [5.41, 5.74) is 2.89. The van der Waals surface area contributed by atoms with Gasteiger partial charge in [-0.05, 0) is 27.7 Å². The number of rotatable bonds is 4. The molecule has 0 atom stereocenters. The Morgan fingerprint density at radius 2 is 1.71 bits per heavy atom. The summed E-state index contributed by atoms with van der Waals surface area (Å²) in [5, 5.41) is 2.78. The number of carbonyl (C=O) groups is 1. The fourth-order valence-electron chi connectivity index (χ4n) is 2.20. The molecule has 0 bridgehead atoms. The van der Waals surface area contributed by atoms with E-state index in [0.717, 1.165) is 0 Å². The molecule has 0 unspecified atom stereocenters. The standard InChI is InChI=1S/C16H22N6O2/c1-9-10(2)17-8-22(15(9)24)7-13(23)20-14-11(3)18-16(21(5)6)19-12(14)4/h8H,7H2,1-6H3,(H,20,23). The van der Waals surface area contributed by atoms with Crippen LogP contribution in [0.15, 0.2) is 11.1 Å². The van der Waals surface area contributed by atoms with E-state index in [1.165, 1.54) is 10.9 Å². The van der Waals surface area contributed by atoms with Crippen LogP contribution in [-0.2, 0) is 11.3 Å². The SMILES string of the molecule is Cc1nc(N(C)C)nc(C)c1NC(=O)Cn1cnc(C)c(C)c1=O. The van der Waals surface area contributed by atoms with Crippen LogP contribution in [0.2, 0.25) is 0 Å². The minimum absolute atomic E-state index is 0.110. The number of hydrogen-bond donors (Lipinski definition) is 1. The van der Waals surface area contributed by atoms with Gasteiger partial charge in [0.2, 0.25) is 11.9 Å². The summed E-state index contributed by atoms with van der Waals surface area (Å²) in [6.07, 6.45) is 1.38. The van der Waals surface area contributed by atoms with Crippen LogP contribution < -0.4 is 15.8 Å². The summed E-state index contributed by atoms with van der Waals surface area (Å²) >= 11 is 0. The Hall–Kier alpha value is -2.77. The summed E-state index contributed by atoms with van der Waals surface area (Å²) in [7, 11) is 3.71. The summed E-state index contributed by atoms with van der Waals surface area (Å²) in [6, 6.07) is 0. The molecule has 0 saturated heterocycles. The van der Waals surface area contributed by atoms with Crippen molar-refractivity contribution < 1.29 is 4.79 Å². The fourth-order valence-corrected chi connectivity index (χ4v) is 2.20. The van der Waals surface area contributed by atoms with Crippen molar-refractivity contribution in [2.45, 2.75) is 34.2 Å². The zero-order chi connectivity index (χ0) is 18.0. The number of aryl methyl sites for hydroxylation is 3. The maximum atomic E-state index is 12.3. The highest BCUT2D eigenvalue weighted by Gasteiger charge is 2.14. The molecule has 1 N–H and O–H groups in total. The highest BCUT2D eigenvalue weighted by molar-refractivity contribution is 5.91. The van der Waals surface area contributed by atoms with E-state index in [9.17, 15) is 9.59 Å². The van der Waals surface area contributed by atoms with E-state index in [1.807, 2.05) is 14.1 Å². The zero-order valence-corrected chi connectivity index (χ0v) is 14.8. The van der Waals surface area contributed by atoms with Crippen LogP contribution in [0, 0.1) is 27.7 Å². The molecule has 0 spiro atoms. The Balaban J connectivity index is 2.22. The van der Waals surface area contributed by atoms with Gasteiger partial charge in [-0.15, -0.1) is 0 Å². The van der Waals surface area contributed by atoms with Gasteiger partial charge in [0.05, 0.1) is 23.4 Å². The number of anilines is 2. The molecule has 2 aromatic rings. The molecule has 0 aliphatic rings. The van der Waals surface area contributed by atoms with Gasteiger partial charge in [0.15, 0.2) is 0 Å². The third kappa shape index (κ3) is 3.58. The number of nitrogens with zero attached hydrogens (tertiary/aromatic N) is 5. The van der Waals surface area contributed by atoms with Crippen LogP contribution >= 0.6 is 0 Å². The second-order valence-electron chi connectivity index (χ2n) is 5.90. The van der Waals surface area contributed by atoms with Gasteiger partial charge >= 0.3 is 0 Å². The lowest BCUT2D eigenvalue weighted by atomic mass is 10.2. The van der Waals surface area contributed by atoms with Crippen molar-refractivity contribution in [2.24, 2.45) is 0 Å². The largest absolute Gasteiger partial charge is 0.347 e. The number of nitrogens with one attached hydrogen (secondary N) is 1. The molecule has 8 nitrogen and oxygen atoms in total. The minimum Gasteiger partial charge on any atom is -0.347 e. The van der Waals surface area contributed by atoms with Crippen LogP contribution in [0.4, 0.5) is 11.6 Å². The number of carbonyl (C=O) groups excluding carboxylic acids is 1. The first-order chi connectivity index (χ1) is 11.2. The highest BCUT2D eigenvalue weighted by Crippen LogP contribution is 2.19. The smallest absolute Gasteiger partial charge is 0.256 e. The second kappa shape index (κ2) is 6.77. The molecular formula is C16H22N6O2. The van der Waals surface area contributed by atoms with Crippen molar-refractivity contribution in [1.29, 1.82) is 0 Å².